The Hall–Kier alpha value is -1.91. The van der Waals surface area contributed by atoms with Gasteiger partial charge in [-0.25, -0.2) is 4.98 Å². The van der Waals surface area contributed by atoms with Crippen molar-refractivity contribution in [3.8, 4) is 11.4 Å². The van der Waals surface area contributed by atoms with E-state index in [0.717, 1.165) is 0 Å². The van der Waals surface area contributed by atoms with Gasteiger partial charge < -0.3 is 10.2 Å². The Morgan fingerprint density at radius 3 is 2.75 bits per heavy atom. The Kier molecular flexibility index (Phi) is 1.48. The third kappa shape index (κ3) is 1.01. The molecule has 2 rings (SSSR count). The third-order valence-electron chi connectivity index (χ3n) is 1.40. The molecule has 0 fully saturated rings. The zero-order chi connectivity index (χ0) is 8.39. The summed E-state index contributed by atoms with van der Waals surface area (Å²) in [7, 11) is 0. The molecule has 12 heavy (non-hydrogen) atoms. The molecule has 2 aromatic rings. The normalized spacial score (nSPS) is 10.0. The predicted octanol–water partition coefficient (Wildman–Crippen LogP) is 0.714. The highest BCUT2D eigenvalue weighted by atomic mass is 16.3. The first kappa shape index (κ1) is 6.78. The number of anilines is 1. The number of oxazole rings is 1. The standard InChI is InChI=1S/C7H6N4O/c8-7-6(11-4-12-7)5-3-9-1-2-10-5/h1-4H,8H2. The van der Waals surface area contributed by atoms with Gasteiger partial charge in [0, 0.05) is 12.4 Å². The van der Waals surface area contributed by atoms with Crippen LogP contribution in [0.15, 0.2) is 29.4 Å². The van der Waals surface area contributed by atoms with Crippen LogP contribution in [0.2, 0.25) is 0 Å². The van der Waals surface area contributed by atoms with Gasteiger partial charge in [0.2, 0.25) is 5.88 Å². The van der Waals surface area contributed by atoms with Crippen LogP contribution in [0.4, 0.5) is 5.88 Å². The molecule has 0 saturated heterocycles. The van der Waals surface area contributed by atoms with Crippen LogP contribution in [0.1, 0.15) is 0 Å². The first-order valence-electron chi connectivity index (χ1n) is 3.33. The highest BCUT2D eigenvalue weighted by Crippen LogP contribution is 2.19. The molecule has 2 heterocycles. The minimum Gasteiger partial charge on any atom is -0.428 e. The molecule has 0 atom stereocenters. The van der Waals surface area contributed by atoms with E-state index in [2.05, 4.69) is 15.0 Å². The van der Waals surface area contributed by atoms with Crippen molar-refractivity contribution in [3.05, 3.63) is 25.0 Å². The lowest BCUT2D eigenvalue weighted by Crippen LogP contribution is -1.89. The fraction of sp³-hybridized carbons (Fsp3) is 0. The molecule has 0 aliphatic rings. The van der Waals surface area contributed by atoms with Gasteiger partial charge in [-0.2, -0.15) is 0 Å². The lowest BCUT2D eigenvalue weighted by Gasteiger charge is -1.92. The summed E-state index contributed by atoms with van der Waals surface area (Å²) in [6.45, 7) is 0. The molecule has 60 valence electrons. The first-order chi connectivity index (χ1) is 5.88. The maximum atomic E-state index is 5.48. The Labute approximate surface area is 68.3 Å². The minimum atomic E-state index is 0.260. The Morgan fingerprint density at radius 2 is 2.17 bits per heavy atom. The quantitative estimate of drug-likeness (QED) is 0.668. The van der Waals surface area contributed by atoms with E-state index in [9.17, 15) is 0 Å². The highest BCUT2D eigenvalue weighted by Gasteiger charge is 2.07. The van der Waals surface area contributed by atoms with Crippen LogP contribution < -0.4 is 5.73 Å². The molecule has 0 aliphatic heterocycles. The summed E-state index contributed by atoms with van der Waals surface area (Å²) in [5, 5.41) is 0. The second kappa shape index (κ2) is 2.61. The smallest absolute Gasteiger partial charge is 0.220 e. The van der Waals surface area contributed by atoms with E-state index in [1.54, 1.807) is 18.6 Å². The van der Waals surface area contributed by atoms with E-state index in [4.69, 9.17) is 10.2 Å². The van der Waals surface area contributed by atoms with Gasteiger partial charge in [0.1, 0.15) is 5.69 Å². The molecule has 0 amide bonds. The van der Waals surface area contributed by atoms with E-state index in [-0.39, 0.29) is 5.88 Å². The van der Waals surface area contributed by atoms with Crippen LogP contribution in [0, 0.1) is 0 Å². The van der Waals surface area contributed by atoms with Gasteiger partial charge in [0.25, 0.3) is 0 Å². The molecule has 5 heteroatoms. The molecule has 2 aromatic heterocycles. The third-order valence-corrected chi connectivity index (χ3v) is 1.40. The van der Waals surface area contributed by atoms with Crippen molar-refractivity contribution < 1.29 is 4.42 Å². The van der Waals surface area contributed by atoms with Gasteiger partial charge in [-0.05, 0) is 0 Å². The van der Waals surface area contributed by atoms with Gasteiger partial charge in [0.05, 0.1) is 6.20 Å². The van der Waals surface area contributed by atoms with Crippen molar-refractivity contribution in [2.24, 2.45) is 0 Å². The molecular formula is C7H6N4O. The monoisotopic (exact) mass is 162 g/mol. The van der Waals surface area contributed by atoms with Gasteiger partial charge in [0.15, 0.2) is 12.1 Å². The Balaban J connectivity index is 2.51. The molecule has 0 unspecified atom stereocenters. The molecular weight excluding hydrogens is 156 g/mol. The lowest BCUT2D eigenvalue weighted by atomic mass is 10.3. The van der Waals surface area contributed by atoms with Gasteiger partial charge in [-0.1, -0.05) is 0 Å². The van der Waals surface area contributed by atoms with Crippen molar-refractivity contribution in [2.75, 3.05) is 5.73 Å². The Bertz CT molecular complexity index is 370. The van der Waals surface area contributed by atoms with Crippen LogP contribution >= 0.6 is 0 Å². The SMILES string of the molecule is Nc1ocnc1-c1cnccn1. The number of nitrogens with two attached hydrogens (primary N) is 1. The summed E-state index contributed by atoms with van der Waals surface area (Å²) in [6, 6.07) is 0. The number of hydrogen-bond acceptors (Lipinski definition) is 5. The van der Waals surface area contributed by atoms with Crippen LogP contribution in [-0.4, -0.2) is 15.0 Å². The van der Waals surface area contributed by atoms with Crippen molar-refractivity contribution >= 4 is 5.88 Å². The summed E-state index contributed by atoms with van der Waals surface area (Å²) in [4.78, 5) is 11.8. The van der Waals surface area contributed by atoms with Crippen molar-refractivity contribution in [1.29, 1.82) is 0 Å². The zero-order valence-corrected chi connectivity index (χ0v) is 6.14. The summed E-state index contributed by atoms with van der Waals surface area (Å²) in [6.07, 6.45) is 6.01. The lowest BCUT2D eigenvalue weighted by molar-refractivity contribution is 0.577. The maximum absolute atomic E-state index is 5.48. The van der Waals surface area contributed by atoms with Gasteiger partial charge in [-0.15, -0.1) is 0 Å². The van der Waals surface area contributed by atoms with E-state index in [1.165, 1.54) is 6.39 Å². The summed E-state index contributed by atoms with van der Waals surface area (Å²) >= 11 is 0. The molecule has 2 N–H and O–H groups in total. The Morgan fingerprint density at radius 1 is 1.25 bits per heavy atom. The number of nitrogen functional groups attached to an aromatic ring is 1. The predicted molar refractivity (Wildman–Crippen MR) is 41.9 cm³/mol. The first-order valence-corrected chi connectivity index (χ1v) is 3.33. The van der Waals surface area contributed by atoms with E-state index in [0.29, 0.717) is 11.4 Å². The average Bonchev–Trinajstić information content (AvgIpc) is 2.53. The van der Waals surface area contributed by atoms with E-state index in [1.807, 2.05) is 0 Å². The van der Waals surface area contributed by atoms with Crippen LogP contribution in [0.25, 0.3) is 11.4 Å². The number of aromatic nitrogens is 3. The molecule has 0 radical (unpaired) electrons. The van der Waals surface area contributed by atoms with Crippen LogP contribution in [0.3, 0.4) is 0 Å². The summed E-state index contributed by atoms with van der Waals surface area (Å²) in [5.74, 6) is 0.260. The minimum absolute atomic E-state index is 0.260. The molecule has 5 nitrogen and oxygen atoms in total. The molecule has 0 saturated carbocycles. The summed E-state index contributed by atoms with van der Waals surface area (Å²) in [5.41, 5.74) is 6.62. The van der Waals surface area contributed by atoms with Crippen molar-refractivity contribution in [2.45, 2.75) is 0 Å². The van der Waals surface area contributed by atoms with Gasteiger partial charge >= 0.3 is 0 Å². The summed E-state index contributed by atoms with van der Waals surface area (Å²) < 4.78 is 4.82. The number of nitrogens with zero attached hydrogens (tertiary/aromatic N) is 3. The fourth-order valence-corrected chi connectivity index (χ4v) is 0.869. The van der Waals surface area contributed by atoms with Crippen LogP contribution in [-0.2, 0) is 0 Å². The maximum Gasteiger partial charge on any atom is 0.220 e. The van der Waals surface area contributed by atoms with Crippen molar-refractivity contribution in [1.82, 2.24) is 15.0 Å². The zero-order valence-electron chi connectivity index (χ0n) is 6.14. The fourth-order valence-electron chi connectivity index (χ4n) is 0.869. The molecule has 0 aromatic carbocycles. The van der Waals surface area contributed by atoms with Gasteiger partial charge in [-0.3, -0.25) is 9.97 Å². The number of hydrogen-bond donors (Lipinski definition) is 1. The van der Waals surface area contributed by atoms with Crippen molar-refractivity contribution in [3.63, 3.8) is 0 Å². The molecule has 0 aliphatic carbocycles. The number of rotatable bonds is 1. The van der Waals surface area contributed by atoms with E-state index >= 15 is 0 Å². The molecule has 0 bridgehead atoms. The second-order valence-corrected chi connectivity index (χ2v) is 2.16. The second-order valence-electron chi connectivity index (χ2n) is 2.16. The molecule has 0 spiro atoms. The topological polar surface area (TPSA) is 77.8 Å². The van der Waals surface area contributed by atoms with Crippen LogP contribution in [0.5, 0.6) is 0 Å². The largest absolute Gasteiger partial charge is 0.428 e. The highest BCUT2D eigenvalue weighted by molar-refractivity contribution is 5.63. The van der Waals surface area contributed by atoms with E-state index < -0.39 is 0 Å². The average molecular weight is 162 g/mol.